The summed E-state index contributed by atoms with van der Waals surface area (Å²) in [5, 5.41) is 2.75. The smallest absolute Gasteiger partial charge is 0.264 e. The summed E-state index contributed by atoms with van der Waals surface area (Å²) in [5.74, 6) is -0.994. The molecule has 0 saturated carbocycles. The number of nitrogens with one attached hydrogen (secondary N) is 1. The summed E-state index contributed by atoms with van der Waals surface area (Å²) in [6.07, 6.45) is 0. The third kappa shape index (κ3) is 4.81. The summed E-state index contributed by atoms with van der Waals surface area (Å²) >= 11 is 0. The highest BCUT2D eigenvalue weighted by Crippen LogP contribution is 2.24. The van der Waals surface area contributed by atoms with Gasteiger partial charge in [-0.25, -0.2) is 12.8 Å². The van der Waals surface area contributed by atoms with Crippen molar-refractivity contribution >= 4 is 27.3 Å². The van der Waals surface area contributed by atoms with Crippen LogP contribution >= 0.6 is 0 Å². The van der Waals surface area contributed by atoms with Gasteiger partial charge in [-0.2, -0.15) is 0 Å². The zero-order valence-corrected chi connectivity index (χ0v) is 16.9. The molecule has 7 heteroatoms. The van der Waals surface area contributed by atoms with Crippen molar-refractivity contribution in [1.29, 1.82) is 0 Å². The molecular weight excluding hydrogens is 391 g/mol. The number of anilines is 2. The number of hydrogen-bond acceptors (Lipinski definition) is 3. The number of amides is 1. The minimum Gasteiger partial charge on any atom is -0.324 e. The van der Waals surface area contributed by atoms with Gasteiger partial charge in [0.05, 0.1) is 10.6 Å². The molecule has 0 spiro atoms. The third-order valence-electron chi connectivity index (χ3n) is 4.39. The minimum atomic E-state index is -4.02. The van der Waals surface area contributed by atoms with Crippen molar-refractivity contribution in [3.05, 3.63) is 89.7 Å². The molecule has 0 aromatic heterocycles. The number of hydrogen-bond donors (Lipinski definition) is 1. The Balaban J connectivity index is 1.93. The molecule has 0 aliphatic heterocycles. The van der Waals surface area contributed by atoms with E-state index in [0.29, 0.717) is 5.69 Å². The molecular formula is C22H21FN2O3S. The molecule has 1 amide bonds. The maximum Gasteiger partial charge on any atom is 0.264 e. The Morgan fingerprint density at radius 2 is 1.62 bits per heavy atom. The first-order valence-corrected chi connectivity index (χ1v) is 10.4. The zero-order chi connectivity index (χ0) is 21.0. The molecule has 0 aliphatic rings. The monoisotopic (exact) mass is 412 g/mol. The largest absolute Gasteiger partial charge is 0.324 e. The Morgan fingerprint density at radius 1 is 0.966 bits per heavy atom. The van der Waals surface area contributed by atoms with E-state index < -0.39 is 28.3 Å². The summed E-state index contributed by atoms with van der Waals surface area (Å²) in [6.45, 7) is 3.36. The van der Waals surface area contributed by atoms with Gasteiger partial charge in [0.1, 0.15) is 12.4 Å². The van der Waals surface area contributed by atoms with E-state index in [1.165, 1.54) is 24.3 Å². The fourth-order valence-corrected chi connectivity index (χ4v) is 4.36. The standard InChI is InChI=1S/C22H21FN2O3S/c1-16-8-13-21(17(2)14-16)24-22(26)15-25(19-11-9-18(23)10-12-19)29(27,28)20-6-4-3-5-7-20/h3-14H,15H2,1-2H3,(H,24,26). The van der Waals surface area contributed by atoms with Crippen LogP contribution in [0.5, 0.6) is 0 Å². The lowest BCUT2D eigenvalue weighted by molar-refractivity contribution is -0.114. The first-order valence-electron chi connectivity index (χ1n) is 8.98. The first kappa shape index (κ1) is 20.5. The van der Waals surface area contributed by atoms with E-state index in [1.54, 1.807) is 24.3 Å². The topological polar surface area (TPSA) is 66.5 Å². The highest BCUT2D eigenvalue weighted by Gasteiger charge is 2.27. The molecule has 3 aromatic carbocycles. The van der Waals surface area contributed by atoms with Crippen molar-refractivity contribution in [1.82, 2.24) is 0 Å². The van der Waals surface area contributed by atoms with Crippen LogP contribution in [0.3, 0.4) is 0 Å². The maximum absolute atomic E-state index is 13.3. The van der Waals surface area contributed by atoms with E-state index in [2.05, 4.69) is 5.32 Å². The molecule has 29 heavy (non-hydrogen) atoms. The molecule has 5 nitrogen and oxygen atoms in total. The van der Waals surface area contributed by atoms with Gasteiger partial charge in [0.25, 0.3) is 10.0 Å². The van der Waals surface area contributed by atoms with Crippen molar-refractivity contribution in [3.8, 4) is 0 Å². The SMILES string of the molecule is Cc1ccc(NC(=O)CN(c2ccc(F)cc2)S(=O)(=O)c2ccccc2)c(C)c1. The van der Waals surface area contributed by atoms with Crippen LogP contribution in [0.15, 0.2) is 77.7 Å². The molecule has 0 radical (unpaired) electrons. The van der Waals surface area contributed by atoms with Crippen LogP contribution in [-0.4, -0.2) is 20.9 Å². The Kier molecular flexibility index (Phi) is 5.98. The highest BCUT2D eigenvalue weighted by atomic mass is 32.2. The molecule has 0 heterocycles. The molecule has 3 rings (SSSR count). The van der Waals surface area contributed by atoms with Crippen LogP contribution in [0, 0.1) is 19.7 Å². The van der Waals surface area contributed by atoms with Crippen molar-refractivity contribution < 1.29 is 17.6 Å². The number of carbonyl (C=O) groups is 1. The molecule has 1 N–H and O–H groups in total. The second-order valence-electron chi connectivity index (χ2n) is 6.67. The summed E-state index contributed by atoms with van der Waals surface area (Å²) in [4.78, 5) is 12.7. The number of carbonyl (C=O) groups excluding carboxylic acids is 1. The van der Waals surface area contributed by atoms with Crippen LogP contribution < -0.4 is 9.62 Å². The van der Waals surface area contributed by atoms with Crippen LogP contribution in [0.1, 0.15) is 11.1 Å². The van der Waals surface area contributed by atoms with Crippen LogP contribution in [-0.2, 0) is 14.8 Å². The van der Waals surface area contributed by atoms with Gasteiger partial charge in [0, 0.05) is 5.69 Å². The number of benzene rings is 3. The average Bonchev–Trinajstić information content (AvgIpc) is 2.70. The molecule has 0 bridgehead atoms. The molecule has 0 unspecified atom stereocenters. The summed E-state index contributed by atoms with van der Waals surface area (Å²) in [6, 6.07) is 18.4. The molecule has 3 aromatic rings. The Bertz CT molecular complexity index is 1110. The molecule has 0 aliphatic carbocycles. The second-order valence-corrected chi connectivity index (χ2v) is 8.53. The number of rotatable bonds is 6. The van der Waals surface area contributed by atoms with Gasteiger partial charge in [0.2, 0.25) is 5.91 Å². The fourth-order valence-electron chi connectivity index (χ4n) is 2.92. The number of sulfonamides is 1. The molecule has 0 atom stereocenters. The Morgan fingerprint density at radius 3 is 2.24 bits per heavy atom. The lowest BCUT2D eigenvalue weighted by Gasteiger charge is -2.24. The van der Waals surface area contributed by atoms with Crippen molar-refractivity contribution in [2.45, 2.75) is 18.7 Å². The van der Waals surface area contributed by atoms with Crippen LogP contribution in [0.4, 0.5) is 15.8 Å². The van der Waals surface area contributed by atoms with E-state index in [9.17, 15) is 17.6 Å². The van der Waals surface area contributed by atoms with Gasteiger partial charge in [-0.15, -0.1) is 0 Å². The summed E-state index contributed by atoms with van der Waals surface area (Å²) < 4.78 is 40.7. The second kappa shape index (κ2) is 8.45. The van der Waals surface area contributed by atoms with Crippen molar-refractivity contribution in [3.63, 3.8) is 0 Å². The average molecular weight is 412 g/mol. The Hall–Kier alpha value is -3.19. The lowest BCUT2D eigenvalue weighted by Crippen LogP contribution is -2.38. The number of nitrogens with zero attached hydrogens (tertiary/aromatic N) is 1. The molecule has 150 valence electrons. The predicted octanol–water partition coefficient (Wildman–Crippen LogP) is 4.28. The minimum absolute atomic E-state index is 0.0450. The fraction of sp³-hybridized carbons (Fsp3) is 0.136. The maximum atomic E-state index is 13.3. The van der Waals surface area contributed by atoms with Crippen molar-refractivity contribution in [2.75, 3.05) is 16.2 Å². The normalized spacial score (nSPS) is 11.1. The quantitative estimate of drug-likeness (QED) is 0.657. The molecule has 0 saturated heterocycles. The van der Waals surface area contributed by atoms with E-state index in [-0.39, 0.29) is 10.6 Å². The van der Waals surface area contributed by atoms with Gasteiger partial charge in [-0.1, -0.05) is 35.9 Å². The first-order chi connectivity index (χ1) is 13.8. The molecule has 0 fully saturated rings. The van der Waals surface area contributed by atoms with E-state index in [0.717, 1.165) is 27.6 Å². The van der Waals surface area contributed by atoms with Gasteiger partial charge < -0.3 is 5.32 Å². The lowest BCUT2D eigenvalue weighted by atomic mass is 10.1. The predicted molar refractivity (Wildman–Crippen MR) is 112 cm³/mol. The van der Waals surface area contributed by atoms with E-state index >= 15 is 0 Å². The zero-order valence-electron chi connectivity index (χ0n) is 16.1. The van der Waals surface area contributed by atoms with E-state index in [1.807, 2.05) is 26.0 Å². The third-order valence-corrected chi connectivity index (χ3v) is 6.18. The van der Waals surface area contributed by atoms with Gasteiger partial charge in [0.15, 0.2) is 0 Å². The van der Waals surface area contributed by atoms with Gasteiger partial charge in [-0.05, 0) is 61.9 Å². The van der Waals surface area contributed by atoms with Gasteiger partial charge >= 0.3 is 0 Å². The van der Waals surface area contributed by atoms with Crippen LogP contribution in [0.2, 0.25) is 0 Å². The summed E-state index contributed by atoms with van der Waals surface area (Å²) in [7, 11) is -4.02. The highest BCUT2D eigenvalue weighted by molar-refractivity contribution is 7.92. The number of aryl methyl sites for hydroxylation is 2. The summed E-state index contributed by atoms with van der Waals surface area (Å²) in [5.41, 5.74) is 2.74. The van der Waals surface area contributed by atoms with E-state index in [4.69, 9.17) is 0 Å². The number of halogens is 1. The van der Waals surface area contributed by atoms with Gasteiger partial charge in [-0.3, -0.25) is 9.10 Å². The van der Waals surface area contributed by atoms with Crippen LogP contribution in [0.25, 0.3) is 0 Å². The van der Waals surface area contributed by atoms with Crippen molar-refractivity contribution in [2.24, 2.45) is 0 Å². The Labute approximate surface area is 169 Å².